The summed E-state index contributed by atoms with van der Waals surface area (Å²) in [6, 6.07) is 7.22. The van der Waals surface area contributed by atoms with E-state index < -0.39 is 0 Å². The van der Waals surface area contributed by atoms with Gasteiger partial charge in [-0.25, -0.2) is 4.98 Å². The first-order chi connectivity index (χ1) is 7.78. The monoisotopic (exact) mass is 232 g/mol. The van der Waals surface area contributed by atoms with E-state index >= 15 is 0 Å². The third-order valence-electron chi connectivity index (χ3n) is 2.38. The molecule has 0 saturated carbocycles. The number of nitrogens with zero attached hydrogens (tertiary/aromatic N) is 2. The van der Waals surface area contributed by atoms with E-state index in [4.69, 9.17) is 26.3 Å². The first-order valence-electron chi connectivity index (χ1n) is 4.58. The molecule has 1 aromatic carbocycles. The fourth-order valence-electron chi connectivity index (χ4n) is 1.62. The first kappa shape index (κ1) is 9.25. The molecule has 2 heterocycles. The van der Waals surface area contributed by atoms with E-state index in [1.807, 2.05) is 6.07 Å². The second-order valence-electron chi connectivity index (χ2n) is 3.34. The molecular weight excluding hydrogens is 228 g/mol. The van der Waals surface area contributed by atoms with Crippen molar-refractivity contribution in [2.24, 2.45) is 0 Å². The van der Waals surface area contributed by atoms with Crippen LogP contribution in [-0.4, -0.2) is 11.8 Å². The van der Waals surface area contributed by atoms with Crippen LogP contribution in [0.4, 0.5) is 0 Å². The number of hydrogen-bond donors (Lipinski definition) is 0. The Bertz CT molecular complexity index is 623. The smallest absolute Gasteiger partial charge is 0.231 e. The molecule has 3 rings (SSSR count). The lowest BCUT2D eigenvalue weighted by atomic mass is 10.1. The Labute approximate surface area is 96.0 Å². The standard InChI is InChI=1S/C11H5ClN2O2/c12-11-7(4-13)1-6-2-9-10(16-5-15-9)3-8(6)14-11/h1-3H,5H2. The molecule has 0 saturated heterocycles. The van der Waals surface area contributed by atoms with Crippen molar-refractivity contribution in [3.05, 3.63) is 28.9 Å². The predicted octanol–water partition coefficient (Wildman–Crippen LogP) is 2.49. The zero-order chi connectivity index (χ0) is 11.1. The van der Waals surface area contributed by atoms with Gasteiger partial charge in [-0.05, 0) is 12.1 Å². The van der Waals surface area contributed by atoms with Crippen LogP contribution in [0.15, 0.2) is 18.2 Å². The van der Waals surface area contributed by atoms with Crippen LogP contribution >= 0.6 is 11.6 Å². The highest BCUT2D eigenvalue weighted by atomic mass is 35.5. The fraction of sp³-hybridized carbons (Fsp3) is 0.0909. The summed E-state index contributed by atoms with van der Waals surface area (Å²) in [7, 11) is 0. The molecule has 1 aliphatic rings. The number of fused-ring (bicyclic) bond motifs is 2. The van der Waals surface area contributed by atoms with Crippen molar-refractivity contribution in [1.29, 1.82) is 5.26 Å². The molecule has 0 radical (unpaired) electrons. The van der Waals surface area contributed by atoms with Gasteiger partial charge in [-0.3, -0.25) is 0 Å². The number of halogens is 1. The summed E-state index contributed by atoms with van der Waals surface area (Å²) in [4.78, 5) is 4.13. The molecule has 0 amide bonds. The molecule has 0 aliphatic carbocycles. The highest BCUT2D eigenvalue weighted by Gasteiger charge is 2.15. The van der Waals surface area contributed by atoms with Gasteiger partial charge in [0.15, 0.2) is 11.5 Å². The zero-order valence-corrected chi connectivity index (χ0v) is 8.78. The minimum Gasteiger partial charge on any atom is -0.454 e. The lowest BCUT2D eigenvalue weighted by Gasteiger charge is -2.02. The summed E-state index contributed by atoms with van der Waals surface area (Å²) >= 11 is 5.85. The van der Waals surface area contributed by atoms with Gasteiger partial charge in [-0.1, -0.05) is 11.6 Å². The van der Waals surface area contributed by atoms with Crippen LogP contribution in [0.5, 0.6) is 11.5 Å². The third-order valence-corrected chi connectivity index (χ3v) is 2.67. The quantitative estimate of drug-likeness (QED) is 0.655. The molecular formula is C11H5ClN2O2. The average molecular weight is 233 g/mol. The predicted molar refractivity (Wildman–Crippen MR) is 57.6 cm³/mol. The third kappa shape index (κ3) is 1.26. The van der Waals surface area contributed by atoms with E-state index in [1.54, 1.807) is 18.2 Å². The number of hydrogen-bond acceptors (Lipinski definition) is 4. The second-order valence-corrected chi connectivity index (χ2v) is 3.69. The number of ether oxygens (including phenoxy) is 2. The van der Waals surface area contributed by atoms with Gasteiger partial charge in [0.05, 0.1) is 11.1 Å². The van der Waals surface area contributed by atoms with Crippen molar-refractivity contribution in [3.63, 3.8) is 0 Å². The largest absolute Gasteiger partial charge is 0.454 e. The number of benzene rings is 1. The van der Waals surface area contributed by atoms with E-state index in [0.717, 1.165) is 5.39 Å². The van der Waals surface area contributed by atoms with Gasteiger partial charge in [0, 0.05) is 11.5 Å². The minimum atomic E-state index is 0.203. The summed E-state index contributed by atoms with van der Waals surface area (Å²) in [5.41, 5.74) is 1.04. The molecule has 0 unspecified atom stereocenters. The van der Waals surface area contributed by atoms with Crippen molar-refractivity contribution in [3.8, 4) is 17.6 Å². The molecule has 0 spiro atoms. The Morgan fingerprint density at radius 1 is 1.25 bits per heavy atom. The number of pyridine rings is 1. The molecule has 2 aromatic rings. The van der Waals surface area contributed by atoms with Gasteiger partial charge in [-0.2, -0.15) is 5.26 Å². The van der Waals surface area contributed by atoms with E-state index in [1.165, 1.54) is 0 Å². The van der Waals surface area contributed by atoms with Gasteiger partial charge in [0.25, 0.3) is 0 Å². The summed E-state index contributed by atoms with van der Waals surface area (Å²) in [5, 5.41) is 9.85. The van der Waals surface area contributed by atoms with E-state index in [2.05, 4.69) is 4.98 Å². The first-order valence-corrected chi connectivity index (χ1v) is 4.96. The molecule has 78 valence electrons. The van der Waals surface area contributed by atoms with Crippen molar-refractivity contribution in [2.45, 2.75) is 0 Å². The molecule has 1 aliphatic heterocycles. The van der Waals surface area contributed by atoms with Crippen LogP contribution in [0, 0.1) is 11.3 Å². The molecule has 1 aromatic heterocycles. The van der Waals surface area contributed by atoms with Gasteiger partial charge in [0.2, 0.25) is 6.79 Å². The van der Waals surface area contributed by atoms with Crippen LogP contribution in [0.1, 0.15) is 5.56 Å². The summed E-state index contributed by atoms with van der Waals surface area (Å²) < 4.78 is 10.5. The number of rotatable bonds is 0. The maximum Gasteiger partial charge on any atom is 0.231 e. The van der Waals surface area contributed by atoms with Gasteiger partial charge < -0.3 is 9.47 Å². The lowest BCUT2D eigenvalue weighted by molar-refractivity contribution is 0.174. The lowest BCUT2D eigenvalue weighted by Crippen LogP contribution is -1.92. The molecule has 0 bridgehead atoms. The van der Waals surface area contributed by atoms with Crippen LogP contribution in [0.3, 0.4) is 0 Å². The van der Waals surface area contributed by atoms with E-state index in [0.29, 0.717) is 22.6 Å². The highest BCUT2D eigenvalue weighted by molar-refractivity contribution is 6.31. The summed E-state index contributed by atoms with van der Waals surface area (Å²) in [5.74, 6) is 1.32. The van der Waals surface area contributed by atoms with Crippen molar-refractivity contribution in [1.82, 2.24) is 4.98 Å². The number of aromatic nitrogens is 1. The molecule has 0 fully saturated rings. The van der Waals surface area contributed by atoms with Crippen LogP contribution in [-0.2, 0) is 0 Å². The van der Waals surface area contributed by atoms with Crippen molar-refractivity contribution >= 4 is 22.5 Å². The Kier molecular flexibility index (Phi) is 1.88. The Morgan fingerprint density at radius 3 is 2.75 bits per heavy atom. The SMILES string of the molecule is N#Cc1cc2cc3c(cc2nc1Cl)OCO3. The maximum atomic E-state index is 8.84. The fourth-order valence-corrected chi connectivity index (χ4v) is 1.81. The molecule has 0 atom stereocenters. The van der Waals surface area contributed by atoms with Crippen molar-refractivity contribution < 1.29 is 9.47 Å². The summed E-state index contributed by atoms with van der Waals surface area (Å²) in [6.07, 6.45) is 0. The van der Waals surface area contributed by atoms with Crippen LogP contribution < -0.4 is 9.47 Å². The van der Waals surface area contributed by atoms with Gasteiger partial charge in [0.1, 0.15) is 11.2 Å². The number of nitriles is 1. The average Bonchev–Trinajstić information content (AvgIpc) is 2.72. The zero-order valence-electron chi connectivity index (χ0n) is 8.03. The highest BCUT2D eigenvalue weighted by Crippen LogP contribution is 2.36. The maximum absolute atomic E-state index is 8.84. The van der Waals surface area contributed by atoms with Crippen LogP contribution in [0.25, 0.3) is 10.9 Å². The van der Waals surface area contributed by atoms with E-state index in [-0.39, 0.29) is 11.9 Å². The second kappa shape index (κ2) is 3.26. The summed E-state index contributed by atoms with van der Waals surface area (Å²) in [6.45, 7) is 0.213. The molecule has 4 nitrogen and oxygen atoms in total. The van der Waals surface area contributed by atoms with E-state index in [9.17, 15) is 0 Å². The molecule has 5 heteroatoms. The molecule has 0 N–H and O–H groups in total. The Hall–Kier alpha value is -1.99. The molecule has 16 heavy (non-hydrogen) atoms. The van der Waals surface area contributed by atoms with Gasteiger partial charge in [-0.15, -0.1) is 0 Å². The van der Waals surface area contributed by atoms with Crippen LogP contribution in [0.2, 0.25) is 5.15 Å². The van der Waals surface area contributed by atoms with Crippen molar-refractivity contribution in [2.75, 3.05) is 6.79 Å². The Morgan fingerprint density at radius 2 is 2.00 bits per heavy atom. The Balaban J connectivity index is 2.33. The topological polar surface area (TPSA) is 55.1 Å². The minimum absolute atomic E-state index is 0.203. The normalized spacial score (nSPS) is 12.8. The van der Waals surface area contributed by atoms with Gasteiger partial charge >= 0.3 is 0 Å².